The zero-order valence-electron chi connectivity index (χ0n) is 23.5. The molecule has 2 aromatic heterocycles. The predicted molar refractivity (Wildman–Crippen MR) is 158 cm³/mol. The molecule has 0 saturated heterocycles. The molecule has 0 aliphatic carbocycles. The molecule has 42 heavy (non-hydrogen) atoms. The number of hydrogen-bond donors (Lipinski definition) is 2. The quantitative estimate of drug-likeness (QED) is 0.257. The highest BCUT2D eigenvalue weighted by atomic mass is 32.2. The number of hydrogen-bond acceptors (Lipinski definition) is 7. The first kappa shape index (κ1) is 30.4. The van der Waals surface area contributed by atoms with E-state index in [9.17, 15) is 23.1 Å². The van der Waals surface area contributed by atoms with E-state index in [-0.39, 0.29) is 22.8 Å². The van der Waals surface area contributed by atoms with Crippen molar-refractivity contribution in [3.63, 3.8) is 0 Å². The zero-order valence-corrected chi connectivity index (χ0v) is 24.3. The van der Waals surface area contributed by atoms with Gasteiger partial charge in [-0.2, -0.15) is 0 Å². The molecule has 0 fully saturated rings. The van der Waals surface area contributed by atoms with Crippen molar-refractivity contribution in [1.29, 1.82) is 0 Å². The number of carboxylic acids is 1. The van der Waals surface area contributed by atoms with Crippen molar-refractivity contribution in [2.45, 2.75) is 43.7 Å². The van der Waals surface area contributed by atoms with Crippen LogP contribution in [0.4, 0.5) is 10.6 Å². The topological polar surface area (TPSA) is 139 Å². The minimum absolute atomic E-state index is 0.00847. The SMILES string of the molecule is CC(C)(C)OC(=O)N(CC(=O)O)c1cccc(C(Cc2ccc(-c3ccccc3)cc2)NS(=O)(=O)c2cccnc2)n1. The van der Waals surface area contributed by atoms with E-state index < -0.39 is 40.3 Å². The molecule has 0 bridgehead atoms. The fraction of sp³-hybridized carbons (Fsp3) is 0.226. The number of pyridine rings is 2. The van der Waals surface area contributed by atoms with Crippen LogP contribution in [0.5, 0.6) is 0 Å². The van der Waals surface area contributed by atoms with Gasteiger partial charge in [-0.1, -0.05) is 60.7 Å². The minimum Gasteiger partial charge on any atom is -0.480 e. The van der Waals surface area contributed by atoms with Crippen LogP contribution in [-0.2, 0) is 26.0 Å². The van der Waals surface area contributed by atoms with Gasteiger partial charge >= 0.3 is 12.1 Å². The smallest absolute Gasteiger partial charge is 0.416 e. The molecule has 0 aliphatic heterocycles. The van der Waals surface area contributed by atoms with E-state index in [1.807, 2.05) is 54.6 Å². The summed E-state index contributed by atoms with van der Waals surface area (Å²) in [5.74, 6) is -1.26. The van der Waals surface area contributed by atoms with Gasteiger partial charge in [0.2, 0.25) is 10.0 Å². The molecule has 1 atom stereocenters. The van der Waals surface area contributed by atoms with Crippen molar-refractivity contribution in [3.05, 3.63) is 109 Å². The third kappa shape index (κ3) is 8.21. The normalized spacial score (nSPS) is 12.4. The number of rotatable bonds is 10. The molecule has 0 saturated carbocycles. The Hall–Kier alpha value is -4.61. The Morgan fingerprint density at radius 3 is 2.24 bits per heavy atom. The Balaban J connectivity index is 1.70. The third-order valence-corrected chi connectivity index (χ3v) is 7.50. The van der Waals surface area contributed by atoms with Gasteiger partial charge in [0.25, 0.3) is 0 Å². The summed E-state index contributed by atoms with van der Waals surface area (Å²) < 4.78 is 34.8. The molecule has 2 heterocycles. The Labute approximate surface area is 245 Å². The minimum atomic E-state index is -4.02. The summed E-state index contributed by atoms with van der Waals surface area (Å²) >= 11 is 0. The molecule has 4 rings (SSSR count). The molecule has 0 radical (unpaired) electrons. The summed E-state index contributed by atoms with van der Waals surface area (Å²) in [6, 6.07) is 24.3. The maximum atomic E-state index is 13.3. The Morgan fingerprint density at radius 1 is 0.929 bits per heavy atom. The Kier molecular flexibility index (Phi) is 9.34. The molecular weight excluding hydrogens is 556 g/mol. The number of nitrogens with zero attached hydrogens (tertiary/aromatic N) is 3. The molecule has 218 valence electrons. The van der Waals surface area contributed by atoms with Crippen LogP contribution in [0.15, 0.2) is 102 Å². The van der Waals surface area contributed by atoms with E-state index in [2.05, 4.69) is 14.7 Å². The van der Waals surface area contributed by atoms with Gasteiger partial charge in [-0.3, -0.25) is 14.7 Å². The number of aliphatic carboxylic acids is 1. The average Bonchev–Trinajstić information content (AvgIpc) is 2.96. The van der Waals surface area contributed by atoms with Crippen molar-refractivity contribution < 1.29 is 27.9 Å². The maximum Gasteiger partial charge on any atom is 0.416 e. The summed E-state index contributed by atoms with van der Waals surface area (Å²) in [6.45, 7) is 4.30. The van der Waals surface area contributed by atoms with Gasteiger partial charge in [0.15, 0.2) is 0 Å². The van der Waals surface area contributed by atoms with Gasteiger partial charge in [0, 0.05) is 12.4 Å². The molecule has 4 aromatic rings. The number of carbonyl (C=O) groups excluding carboxylic acids is 1. The standard InChI is InChI=1S/C31H32N4O6S/c1-31(2,3)41-30(38)35(21-29(36)37)28-13-7-12-26(33-28)27(34-42(39,40)25-11-8-18-32-20-25)19-22-14-16-24(17-15-22)23-9-5-4-6-10-23/h4-18,20,27,34H,19,21H2,1-3H3,(H,36,37). The van der Waals surface area contributed by atoms with Crippen molar-refractivity contribution in [2.75, 3.05) is 11.4 Å². The molecular formula is C31H32N4O6S. The number of carbonyl (C=O) groups is 2. The number of carboxylic acid groups (broad SMARTS) is 1. The average molecular weight is 589 g/mol. The van der Waals surface area contributed by atoms with Gasteiger partial charge in [-0.25, -0.2) is 22.9 Å². The number of benzene rings is 2. The van der Waals surface area contributed by atoms with Gasteiger partial charge < -0.3 is 9.84 Å². The molecule has 0 spiro atoms. The van der Waals surface area contributed by atoms with Crippen molar-refractivity contribution in [1.82, 2.24) is 14.7 Å². The van der Waals surface area contributed by atoms with Gasteiger partial charge in [0.05, 0.1) is 11.7 Å². The predicted octanol–water partition coefficient (Wildman–Crippen LogP) is 5.23. The largest absolute Gasteiger partial charge is 0.480 e. The highest BCUT2D eigenvalue weighted by Crippen LogP contribution is 2.26. The van der Waals surface area contributed by atoms with Crippen LogP contribution in [0.2, 0.25) is 0 Å². The summed E-state index contributed by atoms with van der Waals surface area (Å²) in [4.78, 5) is 33.9. The first-order chi connectivity index (χ1) is 19.9. The second-order valence-electron chi connectivity index (χ2n) is 10.5. The van der Waals surface area contributed by atoms with Gasteiger partial charge in [-0.05, 0) is 68.1 Å². The molecule has 2 N–H and O–H groups in total. The monoisotopic (exact) mass is 588 g/mol. The molecule has 0 aliphatic rings. The van der Waals surface area contributed by atoms with Crippen molar-refractivity contribution in [3.8, 4) is 11.1 Å². The van der Waals surface area contributed by atoms with E-state index in [1.165, 1.54) is 30.6 Å². The first-order valence-corrected chi connectivity index (χ1v) is 14.7. The summed E-state index contributed by atoms with van der Waals surface area (Å²) in [7, 11) is -4.02. The summed E-state index contributed by atoms with van der Waals surface area (Å²) in [5.41, 5.74) is 2.29. The van der Waals surface area contributed by atoms with E-state index in [0.29, 0.717) is 0 Å². The second-order valence-corrected chi connectivity index (χ2v) is 12.2. The van der Waals surface area contributed by atoms with Gasteiger partial charge in [0.1, 0.15) is 22.9 Å². The number of aromatic nitrogens is 2. The first-order valence-electron chi connectivity index (χ1n) is 13.2. The van der Waals surface area contributed by atoms with E-state index in [4.69, 9.17) is 4.74 Å². The fourth-order valence-electron chi connectivity index (χ4n) is 4.14. The molecule has 1 amide bonds. The van der Waals surface area contributed by atoms with Crippen LogP contribution in [-0.4, -0.2) is 47.7 Å². The number of nitrogens with one attached hydrogen (secondary N) is 1. The van der Waals surface area contributed by atoms with E-state index in [1.54, 1.807) is 32.9 Å². The zero-order chi connectivity index (χ0) is 30.3. The lowest BCUT2D eigenvalue weighted by atomic mass is 9.99. The highest BCUT2D eigenvalue weighted by Gasteiger charge is 2.28. The summed E-state index contributed by atoms with van der Waals surface area (Å²) in [5, 5.41) is 9.47. The lowest BCUT2D eigenvalue weighted by molar-refractivity contribution is -0.135. The van der Waals surface area contributed by atoms with E-state index >= 15 is 0 Å². The number of ether oxygens (including phenoxy) is 1. The second kappa shape index (κ2) is 12.9. The molecule has 1 unspecified atom stereocenters. The molecule has 10 nitrogen and oxygen atoms in total. The number of anilines is 1. The fourth-order valence-corrected chi connectivity index (χ4v) is 5.31. The number of sulfonamides is 1. The highest BCUT2D eigenvalue weighted by molar-refractivity contribution is 7.89. The van der Waals surface area contributed by atoms with Crippen LogP contribution in [0.25, 0.3) is 11.1 Å². The van der Waals surface area contributed by atoms with E-state index in [0.717, 1.165) is 21.6 Å². The van der Waals surface area contributed by atoms with Crippen LogP contribution >= 0.6 is 0 Å². The number of amides is 1. The van der Waals surface area contributed by atoms with Crippen LogP contribution in [0.1, 0.15) is 38.1 Å². The lowest BCUT2D eigenvalue weighted by Crippen LogP contribution is -2.40. The molecule has 11 heteroatoms. The van der Waals surface area contributed by atoms with Gasteiger partial charge in [-0.15, -0.1) is 0 Å². The maximum absolute atomic E-state index is 13.3. The Morgan fingerprint density at radius 2 is 1.62 bits per heavy atom. The van der Waals surface area contributed by atoms with Crippen molar-refractivity contribution in [2.24, 2.45) is 0 Å². The Bertz CT molecular complexity index is 1620. The lowest BCUT2D eigenvalue weighted by Gasteiger charge is -2.26. The van der Waals surface area contributed by atoms with Crippen LogP contribution in [0, 0.1) is 0 Å². The van der Waals surface area contributed by atoms with Crippen LogP contribution in [0.3, 0.4) is 0 Å². The third-order valence-electron chi connectivity index (χ3n) is 6.04. The summed E-state index contributed by atoms with van der Waals surface area (Å²) in [6.07, 6.45) is 2.05. The van der Waals surface area contributed by atoms with Crippen LogP contribution < -0.4 is 9.62 Å². The molecule has 2 aromatic carbocycles. The van der Waals surface area contributed by atoms with Crippen molar-refractivity contribution >= 4 is 27.9 Å².